The van der Waals surface area contributed by atoms with Gasteiger partial charge in [0.15, 0.2) is 0 Å². The maximum absolute atomic E-state index is 13.0. The lowest BCUT2D eigenvalue weighted by atomic mass is 9.98. The molecule has 2 fully saturated rings. The van der Waals surface area contributed by atoms with Crippen LogP contribution in [-0.4, -0.2) is 271 Å². The molecule has 35 heteroatoms. The van der Waals surface area contributed by atoms with E-state index in [9.17, 15) is 61.2 Å². The van der Waals surface area contributed by atoms with Crippen LogP contribution in [0.4, 0.5) is 43.0 Å². The van der Waals surface area contributed by atoms with Crippen LogP contribution in [0.1, 0.15) is 29.8 Å². The third-order valence-electron chi connectivity index (χ3n) is 12.8. The third kappa shape index (κ3) is 30.5. The van der Waals surface area contributed by atoms with Crippen molar-refractivity contribution < 1.29 is 123 Å². The molecule has 2 aliphatic rings. The van der Waals surface area contributed by atoms with Gasteiger partial charge in [0.25, 0.3) is 0 Å². The Morgan fingerprint density at radius 3 is 1.30 bits per heavy atom. The minimum Gasteiger partial charge on any atom is -0.445 e. The van der Waals surface area contributed by atoms with Gasteiger partial charge < -0.3 is 109 Å². The second kappa shape index (κ2) is 42.3. The molecule has 4 heterocycles. The molecule has 0 unspecified atom stereocenters. The Kier molecular flexibility index (Phi) is 35.2. The number of hydrogen-bond acceptors (Lipinski definition) is 26. The largest absolute Gasteiger partial charge is 0.445 e. The highest BCUT2D eigenvalue weighted by Gasteiger charge is 2.41. The first kappa shape index (κ1) is 74.9. The number of halogens is 6. The van der Waals surface area contributed by atoms with Gasteiger partial charge in [0.1, 0.15) is 54.6 Å². The van der Waals surface area contributed by atoms with Crippen molar-refractivity contribution in [1.29, 1.82) is 0 Å². The molecule has 2 aliphatic heterocycles. The van der Waals surface area contributed by atoms with Gasteiger partial charge >= 0.3 is 18.4 Å². The predicted octanol–water partition coefficient (Wildman–Crippen LogP) is 0.280. The maximum Gasteiger partial charge on any atom is 0.433 e. The van der Waals surface area contributed by atoms with E-state index in [0.717, 1.165) is 18.0 Å². The fourth-order valence-electron chi connectivity index (χ4n) is 8.08. The highest BCUT2D eigenvalue weighted by atomic mass is 19.4. The molecular weight excluding hydrogens is 1220 g/mol. The zero-order chi connectivity index (χ0) is 64.8. The number of aliphatic hydroxyl groups is 4. The first-order valence-corrected chi connectivity index (χ1v) is 28.9. The number of aromatic nitrogens is 4. The van der Waals surface area contributed by atoms with Crippen LogP contribution in [0, 0.1) is 0 Å². The molecular formula is C55H81F6N9O20. The van der Waals surface area contributed by atoms with Gasteiger partial charge in [-0.15, -0.1) is 0 Å². The summed E-state index contributed by atoms with van der Waals surface area (Å²) in [6.45, 7) is 3.33. The summed E-state index contributed by atoms with van der Waals surface area (Å²) in [5, 5.41) is 55.2. The monoisotopic (exact) mass is 1300 g/mol. The van der Waals surface area contributed by atoms with Crippen LogP contribution in [-0.2, 0) is 90.1 Å². The average molecular weight is 1300 g/mol. The number of rotatable bonds is 45. The third-order valence-corrected chi connectivity index (χ3v) is 12.8. The van der Waals surface area contributed by atoms with Crippen LogP contribution in [0.15, 0.2) is 54.9 Å². The number of carbonyl (C=O) groups excluding carboxylic acids is 3. The van der Waals surface area contributed by atoms with Gasteiger partial charge in [-0.2, -0.15) is 26.3 Å². The van der Waals surface area contributed by atoms with Crippen LogP contribution in [0.2, 0.25) is 0 Å². The van der Waals surface area contributed by atoms with Crippen molar-refractivity contribution in [3.05, 3.63) is 71.8 Å². The first-order chi connectivity index (χ1) is 43.4. The summed E-state index contributed by atoms with van der Waals surface area (Å²) in [7, 11) is 0. The molecule has 5 rings (SSSR count). The molecule has 3 aromatic rings. The summed E-state index contributed by atoms with van der Waals surface area (Å²) in [5.74, 6) is -1.32. The van der Waals surface area contributed by atoms with Crippen LogP contribution in [0.3, 0.4) is 0 Å². The summed E-state index contributed by atoms with van der Waals surface area (Å²) < 4.78 is 150. The van der Waals surface area contributed by atoms with E-state index in [2.05, 4.69) is 46.5 Å². The van der Waals surface area contributed by atoms with Crippen molar-refractivity contribution in [2.24, 2.45) is 0 Å². The van der Waals surface area contributed by atoms with Crippen LogP contribution in [0.25, 0.3) is 0 Å². The van der Waals surface area contributed by atoms with Gasteiger partial charge in [0, 0.05) is 38.3 Å². The van der Waals surface area contributed by atoms with E-state index in [1.54, 1.807) is 12.1 Å². The molecule has 0 saturated carbocycles. The number of nitrogens with one attached hydrogen (secondary N) is 5. The number of nitrogens with zero attached hydrogens (tertiary/aromatic N) is 4. The molecule has 0 aliphatic carbocycles. The standard InChI is InChI=1S/C55H81F6N9O20/c56-54(57,58)43-6-10-64-51(69-43)67-39-33-88-41(49(75)47(39)73)35-86-28-26-82-24-22-80-20-18-78-16-12-62-45(71)8-14-84-31-38(66-53(77)90-30-37-4-2-1-3-5-37)32-85-15-9-46(72)63-13-17-79-19-21-81-23-25-83-27-29-87-36-42-50(76)48(74)40(34-89-42)68-52-65-11-7-44(70-52)55(59,60)61/h1-7,10-11,38-42,47-50,73-76H,8-9,12-36H2,(H,62,71)(H,63,72)(H,66,77)(H,64,67,69)(H,65,68,70)/t39-,40-,41+,42+,47+,48+,49-,50-/m0/s1. The fraction of sp³-hybridized carbons (Fsp3) is 0.691. The Balaban J connectivity index is 0.797. The van der Waals surface area contributed by atoms with E-state index in [1.165, 1.54) is 0 Å². The average Bonchev–Trinajstić information content (AvgIpc) is 1.16. The van der Waals surface area contributed by atoms with Crippen molar-refractivity contribution in [3.63, 3.8) is 0 Å². The SMILES string of the molecule is O=C(CCOCC(COCCC(=O)NCCOCCOCCOCCOC[C@H]1OC[C@H](Nc2nccc(C(F)(F)F)n2)[C@@H](O)[C@H]1O)NC(=O)OCc1ccccc1)NCCOCCOCCOCCOC[C@H]1OC[C@H](Nc2nccc(C(F)(F)F)n2)[C@@H](O)[C@H]1O. The summed E-state index contributed by atoms with van der Waals surface area (Å²) in [6, 6.07) is 7.89. The Morgan fingerprint density at radius 2 is 0.900 bits per heavy atom. The van der Waals surface area contributed by atoms with Crippen molar-refractivity contribution in [1.82, 2.24) is 35.9 Å². The molecule has 2 aromatic heterocycles. The van der Waals surface area contributed by atoms with E-state index < -0.39 is 84.6 Å². The van der Waals surface area contributed by atoms with E-state index in [0.29, 0.717) is 12.1 Å². The van der Waals surface area contributed by atoms with Gasteiger partial charge in [0.2, 0.25) is 23.7 Å². The second-order valence-corrected chi connectivity index (χ2v) is 19.8. The van der Waals surface area contributed by atoms with Crippen molar-refractivity contribution in [2.75, 3.05) is 169 Å². The number of ether oxygens (including phenoxy) is 13. The van der Waals surface area contributed by atoms with Gasteiger partial charge in [0.05, 0.1) is 163 Å². The van der Waals surface area contributed by atoms with Gasteiger partial charge in [-0.05, 0) is 17.7 Å². The van der Waals surface area contributed by atoms with E-state index in [4.69, 9.17) is 61.6 Å². The molecule has 3 amide bonds. The minimum atomic E-state index is -4.68. The van der Waals surface area contributed by atoms with Gasteiger partial charge in [-0.3, -0.25) is 9.59 Å². The summed E-state index contributed by atoms with van der Waals surface area (Å²) in [5.41, 5.74) is -1.54. The summed E-state index contributed by atoms with van der Waals surface area (Å²) in [4.78, 5) is 51.7. The number of aliphatic hydroxyl groups excluding tert-OH is 4. The summed E-state index contributed by atoms with van der Waals surface area (Å²) in [6.07, 6.45) is -15.5. The molecule has 508 valence electrons. The van der Waals surface area contributed by atoms with Crippen LogP contribution in [0.5, 0.6) is 0 Å². The number of hydrogen-bond donors (Lipinski definition) is 9. The Morgan fingerprint density at radius 1 is 0.511 bits per heavy atom. The lowest BCUT2D eigenvalue weighted by molar-refractivity contribution is -0.161. The quantitative estimate of drug-likeness (QED) is 0.0271. The molecule has 90 heavy (non-hydrogen) atoms. The van der Waals surface area contributed by atoms with Crippen LogP contribution >= 0.6 is 0 Å². The van der Waals surface area contributed by atoms with E-state index in [-0.39, 0.29) is 202 Å². The van der Waals surface area contributed by atoms with E-state index >= 15 is 0 Å². The molecule has 29 nitrogen and oxygen atoms in total. The lowest BCUT2D eigenvalue weighted by Crippen LogP contribution is -2.57. The molecule has 0 radical (unpaired) electrons. The smallest absolute Gasteiger partial charge is 0.433 e. The molecule has 2 saturated heterocycles. The number of anilines is 2. The van der Waals surface area contributed by atoms with Crippen molar-refractivity contribution >= 4 is 29.8 Å². The number of carbonyl (C=O) groups is 3. The fourth-order valence-corrected chi connectivity index (χ4v) is 8.08. The van der Waals surface area contributed by atoms with Crippen molar-refractivity contribution in [3.8, 4) is 0 Å². The number of amides is 3. The molecule has 0 spiro atoms. The van der Waals surface area contributed by atoms with Gasteiger partial charge in [-0.25, -0.2) is 24.7 Å². The highest BCUT2D eigenvalue weighted by Crippen LogP contribution is 2.29. The molecule has 8 atom stereocenters. The number of benzene rings is 1. The Labute approximate surface area is 514 Å². The lowest BCUT2D eigenvalue weighted by Gasteiger charge is -2.37. The van der Waals surface area contributed by atoms with Crippen molar-refractivity contribution in [2.45, 2.75) is 86.6 Å². The minimum absolute atomic E-state index is 0.0219. The normalized spacial score (nSPS) is 20.4. The Bertz CT molecular complexity index is 2330. The second-order valence-electron chi connectivity index (χ2n) is 19.8. The molecule has 1 aromatic carbocycles. The van der Waals surface area contributed by atoms with E-state index in [1.807, 2.05) is 18.2 Å². The highest BCUT2D eigenvalue weighted by molar-refractivity contribution is 5.76. The van der Waals surface area contributed by atoms with Gasteiger partial charge in [-0.1, -0.05) is 30.3 Å². The van der Waals surface area contributed by atoms with Crippen LogP contribution < -0.4 is 26.6 Å². The zero-order valence-electron chi connectivity index (χ0n) is 49.4. The zero-order valence-corrected chi connectivity index (χ0v) is 49.4. The molecule has 0 bridgehead atoms. The summed E-state index contributed by atoms with van der Waals surface area (Å²) >= 11 is 0. The predicted molar refractivity (Wildman–Crippen MR) is 299 cm³/mol. The maximum atomic E-state index is 13.0. The topological polar surface area (TPSA) is 364 Å². The number of alkyl carbamates (subject to hydrolysis) is 1. The molecule has 9 N–H and O–H groups in total. The Hall–Kier alpha value is -5.87. The number of alkyl halides is 6. The first-order valence-electron chi connectivity index (χ1n) is 28.9.